The Balaban J connectivity index is 1.69. The number of ketones is 2. The average molecular weight is 353 g/mol. The maximum atomic E-state index is 12.9. The molecule has 2 heterocycles. The number of benzene rings is 1. The highest BCUT2D eigenvalue weighted by molar-refractivity contribution is 6.30. The van der Waals surface area contributed by atoms with Gasteiger partial charge in [-0.05, 0) is 14.0 Å². The lowest BCUT2D eigenvalue weighted by molar-refractivity contribution is 0.0658. The molecule has 1 aliphatic heterocycles. The van der Waals surface area contributed by atoms with Crippen molar-refractivity contribution >= 4 is 17.5 Å². The lowest BCUT2D eigenvalue weighted by Gasteiger charge is -2.32. The van der Waals surface area contributed by atoms with Crippen molar-refractivity contribution in [1.82, 2.24) is 15.3 Å². The van der Waals surface area contributed by atoms with Crippen LogP contribution >= 0.6 is 0 Å². The van der Waals surface area contributed by atoms with E-state index in [9.17, 15) is 14.4 Å². The average Bonchev–Trinajstić information content (AvgIpc) is 2.99. The molecule has 4 rings (SSSR count). The predicted octanol–water partition coefficient (Wildman–Crippen LogP) is 1.26. The SMILES string of the molecule is Cc1oc2c(c1C(=O)NN1CCN(C)CC1)C(=O)c1ccccc1C2=O. The van der Waals surface area contributed by atoms with Gasteiger partial charge in [0, 0.05) is 37.3 Å². The summed E-state index contributed by atoms with van der Waals surface area (Å²) in [6.07, 6.45) is 0. The third kappa shape index (κ3) is 2.56. The zero-order valence-corrected chi connectivity index (χ0v) is 14.7. The largest absolute Gasteiger partial charge is 0.456 e. The van der Waals surface area contributed by atoms with E-state index < -0.39 is 5.91 Å². The van der Waals surface area contributed by atoms with Crippen LogP contribution in [0, 0.1) is 6.92 Å². The standard InChI is InChI=1S/C19H19N3O4/c1-11-14(19(25)20-22-9-7-21(2)8-10-22)15-16(23)12-5-3-4-6-13(12)17(24)18(15)26-11/h3-6H,7-10H2,1-2H3,(H,20,25). The fourth-order valence-corrected chi connectivity index (χ4v) is 3.45. The molecule has 7 nitrogen and oxygen atoms in total. The van der Waals surface area contributed by atoms with Crippen LogP contribution in [0.4, 0.5) is 0 Å². The molecule has 1 saturated heterocycles. The monoisotopic (exact) mass is 353 g/mol. The van der Waals surface area contributed by atoms with Crippen LogP contribution < -0.4 is 5.43 Å². The molecule has 2 aliphatic rings. The van der Waals surface area contributed by atoms with E-state index in [1.807, 2.05) is 12.1 Å². The van der Waals surface area contributed by atoms with Gasteiger partial charge in [0.25, 0.3) is 5.91 Å². The van der Waals surface area contributed by atoms with Gasteiger partial charge < -0.3 is 9.32 Å². The minimum Gasteiger partial charge on any atom is -0.456 e. The Morgan fingerprint density at radius 1 is 1.04 bits per heavy atom. The number of hydrazine groups is 1. The van der Waals surface area contributed by atoms with E-state index in [0.717, 1.165) is 13.1 Å². The number of likely N-dealkylation sites (N-methyl/N-ethyl adjacent to an activating group) is 1. The number of nitrogens with zero attached hydrogens (tertiary/aromatic N) is 2. The number of carbonyl (C=O) groups is 3. The van der Waals surface area contributed by atoms with Gasteiger partial charge in [0.05, 0.1) is 11.1 Å². The van der Waals surface area contributed by atoms with E-state index in [0.29, 0.717) is 24.2 Å². The fraction of sp³-hybridized carbons (Fsp3) is 0.316. The fourth-order valence-electron chi connectivity index (χ4n) is 3.45. The van der Waals surface area contributed by atoms with Crippen molar-refractivity contribution in [2.24, 2.45) is 0 Å². The van der Waals surface area contributed by atoms with Crippen molar-refractivity contribution in [2.45, 2.75) is 6.92 Å². The number of carbonyl (C=O) groups excluding carboxylic acids is 3. The Morgan fingerprint density at radius 3 is 2.31 bits per heavy atom. The topological polar surface area (TPSA) is 82.9 Å². The first-order valence-electron chi connectivity index (χ1n) is 8.53. The van der Waals surface area contributed by atoms with Gasteiger partial charge in [-0.15, -0.1) is 0 Å². The van der Waals surface area contributed by atoms with E-state index in [1.54, 1.807) is 31.2 Å². The van der Waals surface area contributed by atoms with E-state index in [-0.39, 0.29) is 34.2 Å². The zero-order chi connectivity index (χ0) is 18.4. The van der Waals surface area contributed by atoms with Gasteiger partial charge in [0.1, 0.15) is 5.76 Å². The second kappa shape index (κ2) is 6.19. The third-order valence-corrected chi connectivity index (χ3v) is 4.92. The van der Waals surface area contributed by atoms with Gasteiger partial charge in [0.2, 0.25) is 5.78 Å². The van der Waals surface area contributed by atoms with Crippen LogP contribution in [0.25, 0.3) is 0 Å². The quantitative estimate of drug-likeness (QED) is 0.747. The summed E-state index contributed by atoms with van der Waals surface area (Å²) in [6, 6.07) is 6.60. The van der Waals surface area contributed by atoms with Crippen molar-refractivity contribution in [3.63, 3.8) is 0 Å². The van der Waals surface area contributed by atoms with Gasteiger partial charge >= 0.3 is 0 Å². The molecule has 134 valence electrons. The first-order valence-corrected chi connectivity index (χ1v) is 8.53. The molecule has 1 N–H and O–H groups in total. The van der Waals surface area contributed by atoms with E-state index >= 15 is 0 Å². The Hall–Kier alpha value is -2.77. The number of furan rings is 1. The number of hydrogen-bond acceptors (Lipinski definition) is 6. The first-order chi connectivity index (χ1) is 12.5. The van der Waals surface area contributed by atoms with Crippen LogP contribution in [0.2, 0.25) is 0 Å². The molecule has 26 heavy (non-hydrogen) atoms. The second-order valence-electron chi connectivity index (χ2n) is 6.67. The van der Waals surface area contributed by atoms with E-state index in [1.165, 1.54) is 0 Å². The first kappa shape index (κ1) is 16.7. The summed E-state index contributed by atoms with van der Waals surface area (Å²) in [5, 5.41) is 1.82. The summed E-state index contributed by atoms with van der Waals surface area (Å²) in [4.78, 5) is 40.6. The molecular formula is C19H19N3O4. The number of piperazine rings is 1. The lowest BCUT2D eigenvalue weighted by atomic mass is 9.86. The van der Waals surface area contributed by atoms with Gasteiger partial charge in [-0.3, -0.25) is 19.8 Å². The third-order valence-electron chi connectivity index (χ3n) is 4.92. The molecule has 0 saturated carbocycles. The summed E-state index contributed by atoms with van der Waals surface area (Å²) in [7, 11) is 2.03. The highest BCUT2D eigenvalue weighted by Gasteiger charge is 2.38. The molecule has 1 amide bonds. The predicted molar refractivity (Wildman–Crippen MR) is 93.3 cm³/mol. The highest BCUT2D eigenvalue weighted by Crippen LogP contribution is 2.33. The molecule has 7 heteroatoms. The molecular weight excluding hydrogens is 334 g/mol. The Bertz CT molecular complexity index is 923. The molecule has 0 spiro atoms. The molecule has 0 atom stereocenters. The number of rotatable bonds is 2. The van der Waals surface area contributed by atoms with Crippen LogP contribution in [0.3, 0.4) is 0 Å². The molecule has 0 radical (unpaired) electrons. The molecule has 2 aromatic rings. The van der Waals surface area contributed by atoms with Crippen LogP contribution in [-0.2, 0) is 0 Å². The second-order valence-corrected chi connectivity index (χ2v) is 6.67. The highest BCUT2D eigenvalue weighted by atomic mass is 16.4. The smallest absolute Gasteiger partial charge is 0.269 e. The molecule has 0 unspecified atom stereocenters. The number of aryl methyl sites for hydroxylation is 1. The minimum atomic E-state index is -0.419. The Kier molecular flexibility index (Phi) is 3.97. The normalized spacial score (nSPS) is 17.8. The zero-order valence-electron chi connectivity index (χ0n) is 14.7. The number of hydrogen-bond donors (Lipinski definition) is 1. The van der Waals surface area contributed by atoms with Crippen LogP contribution in [-0.4, -0.2) is 60.6 Å². The van der Waals surface area contributed by atoms with Gasteiger partial charge in [-0.25, -0.2) is 5.01 Å². The van der Waals surface area contributed by atoms with E-state index in [2.05, 4.69) is 10.3 Å². The molecule has 1 aromatic heterocycles. The number of fused-ring (bicyclic) bond motifs is 2. The van der Waals surface area contributed by atoms with Crippen LogP contribution in [0.1, 0.15) is 48.2 Å². The summed E-state index contributed by atoms with van der Waals surface area (Å²) in [5.74, 6) is -0.907. The van der Waals surface area contributed by atoms with Gasteiger partial charge in [-0.2, -0.15) is 0 Å². The number of nitrogens with one attached hydrogen (secondary N) is 1. The molecule has 1 fully saturated rings. The maximum Gasteiger partial charge on any atom is 0.269 e. The Labute approximate surface area is 150 Å². The minimum absolute atomic E-state index is 0.0465. The van der Waals surface area contributed by atoms with Crippen molar-refractivity contribution in [2.75, 3.05) is 33.2 Å². The maximum absolute atomic E-state index is 12.9. The number of amides is 1. The van der Waals surface area contributed by atoms with Crippen molar-refractivity contribution in [3.05, 3.63) is 58.0 Å². The van der Waals surface area contributed by atoms with Crippen molar-refractivity contribution in [1.29, 1.82) is 0 Å². The van der Waals surface area contributed by atoms with Gasteiger partial charge in [0.15, 0.2) is 11.5 Å². The summed E-state index contributed by atoms with van der Waals surface area (Å²) >= 11 is 0. The lowest BCUT2D eigenvalue weighted by Crippen LogP contribution is -2.52. The van der Waals surface area contributed by atoms with Gasteiger partial charge in [-0.1, -0.05) is 24.3 Å². The molecule has 1 aromatic carbocycles. The summed E-state index contributed by atoms with van der Waals surface area (Å²) < 4.78 is 5.55. The summed E-state index contributed by atoms with van der Waals surface area (Å²) in [5.41, 5.74) is 3.66. The Morgan fingerprint density at radius 2 is 1.65 bits per heavy atom. The van der Waals surface area contributed by atoms with Crippen molar-refractivity contribution < 1.29 is 18.8 Å². The molecule has 1 aliphatic carbocycles. The van der Waals surface area contributed by atoms with Crippen LogP contribution in [0.15, 0.2) is 28.7 Å². The van der Waals surface area contributed by atoms with Crippen molar-refractivity contribution in [3.8, 4) is 0 Å². The van der Waals surface area contributed by atoms with Crippen LogP contribution in [0.5, 0.6) is 0 Å². The molecule has 0 bridgehead atoms. The van der Waals surface area contributed by atoms with E-state index in [4.69, 9.17) is 4.42 Å². The summed E-state index contributed by atoms with van der Waals surface area (Å²) in [6.45, 7) is 4.66.